The standard InChI is InChI=1S/C19H34N4O.ClH/c1-14(18-11-15-2-3-16(18)10-15)21-19(24)13-22-6-8-23(9-7-22)17-4-5-20-12-17;/h14-18,20H,2-13H2,1H3,(H,21,24);1H. The van der Waals surface area contributed by atoms with Crippen molar-refractivity contribution in [2.75, 3.05) is 45.8 Å². The molecule has 0 aromatic rings. The van der Waals surface area contributed by atoms with Crippen LogP contribution in [0, 0.1) is 17.8 Å². The molecule has 4 rings (SSSR count). The summed E-state index contributed by atoms with van der Waals surface area (Å²) in [5, 5.41) is 6.77. The van der Waals surface area contributed by atoms with Crippen molar-refractivity contribution in [1.29, 1.82) is 0 Å². The summed E-state index contributed by atoms with van der Waals surface area (Å²) in [6.07, 6.45) is 6.88. The fraction of sp³-hybridized carbons (Fsp3) is 0.947. The van der Waals surface area contributed by atoms with Crippen LogP contribution in [0.4, 0.5) is 0 Å². The van der Waals surface area contributed by atoms with Gasteiger partial charge in [-0.15, -0.1) is 12.4 Å². The quantitative estimate of drug-likeness (QED) is 0.766. The Morgan fingerprint density at radius 1 is 1.16 bits per heavy atom. The second-order valence-electron chi connectivity index (χ2n) is 8.65. The first-order valence-electron chi connectivity index (χ1n) is 10.2. The molecule has 0 aromatic heterocycles. The summed E-state index contributed by atoms with van der Waals surface area (Å²) < 4.78 is 0. The summed E-state index contributed by atoms with van der Waals surface area (Å²) in [6.45, 7) is 9.41. The molecule has 6 heteroatoms. The molecule has 2 saturated heterocycles. The van der Waals surface area contributed by atoms with Crippen molar-refractivity contribution < 1.29 is 4.79 Å². The number of nitrogens with one attached hydrogen (secondary N) is 2. The van der Waals surface area contributed by atoms with E-state index in [2.05, 4.69) is 27.4 Å². The lowest BCUT2D eigenvalue weighted by Gasteiger charge is -2.37. The lowest BCUT2D eigenvalue weighted by molar-refractivity contribution is -0.123. The van der Waals surface area contributed by atoms with Crippen molar-refractivity contribution in [3.05, 3.63) is 0 Å². The maximum Gasteiger partial charge on any atom is 0.234 e. The van der Waals surface area contributed by atoms with Crippen LogP contribution < -0.4 is 10.6 Å². The number of hydrogen-bond acceptors (Lipinski definition) is 4. The van der Waals surface area contributed by atoms with Crippen molar-refractivity contribution in [3.8, 4) is 0 Å². The molecule has 1 amide bonds. The summed E-state index contributed by atoms with van der Waals surface area (Å²) >= 11 is 0. The molecule has 2 aliphatic carbocycles. The Hall–Kier alpha value is -0.360. The van der Waals surface area contributed by atoms with Crippen LogP contribution in [0.15, 0.2) is 0 Å². The van der Waals surface area contributed by atoms with Crippen LogP contribution in [0.25, 0.3) is 0 Å². The molecule has 2 heterocycles. The van der Waals surface area contributed by atoms with Gasteiger partial charge in [0.15, 0.2) is 0 Å². The van der Waals surface area contributed by atoms with Gasteiger partial charge < -0.3 is 10.6 Å². The van der Waals surface area contributed by atoms with Crippen LogP contribution in [0.5, 0.6) is 0 Å². The zero-order valence-electron chi connectivity index (χ0n) is 15.6. The minimum Gasteiger partial charge on any atom is -0.352 e. The lowest BCUT2D eigenvalue weighted by atomic mass is 9.84. The van der Waals surface area contributed by atoms with Crippen molar-refractivity contribution in [1.82, 2.24) is 20.4 Å². The minimum absolute atomic E-state index is 0. The summed E-state index contributed by atoms with van der Waals surface area (Å²) in [5.74, 6) is 2.81. The highest BCUT2D eigenvalue weighted by Gasteiger charge is 2.42. The first-order valence-corrected chi connectivity index (χ1v) is 10.2. The van der Waals surface area contributed by atoms with Crippen LogP contribution in [-0.4, -0.2) is 73.6 Å². The third-order valence-corrected chi connectivity index (χ3v) is 7.15. The number of halogens is 1. The Bertz CT molecular complexity index is 449. The predicted molar refractivity (Wildman–Crippen MR) is 103 cm³/mol. The van der Waals surface area contributed by atoms with Crippen molar-refractivity contribution >= 4 is 18.3 Å². The van der Waals surface area contributed by atoms with Crippen LogP contribution in [0.3, 0.4) is 0 Å². The highest BCUT2D eigenvalue weighted by molar-refractivity contribution is 5.85. The number of fused-ring (bicyclic) bond motifs is 2. The molecular weight excluding hydrogens is 336 g/mol. The van der Waals surface area contributed by atoms with Crippen LogP contribution in [-0.2, 0) is 4.79 Å². The summed E-state index contributed by atoms with van der Waals surface area (Å²) in [6, 6.07) is 1.08. The third-order valence-electron chi connectivity index (χ3n) is 7.15. The van der Waals surface area contributed by atoms with E-state index in [0.29, 0.717) is 12.6 Å². The molecule has 4 aliphatic rings. The number of nitrogens with zero attached hydrogens (tertiary/aromatic N) is 2. The number of carbonyl (C=O) groups is 1. The minimum atomic E-state index is 0. The van der Waals surface area contributed by atoms with Crippen LogP contribution in [0.1, 0.15) is 39.0 Å². The Morgan fingerprint density at radius 3 is 2.56 bits per heavy atom. The third kappa shape index (κ3) is 4.49. The Labute approximate surface area is 158 Å². The van der Waals surface area contributed by atoms with Gasteiger partial charge in [0.1, 0.15) is 0 Å². The van der Waals surface area contributed by atoms with Gasteiger partial charge in [-0.1, -0.05) is 6.42 Å². The fourth-order valence-corrected chi connectivity index (χ4v) is 5.75. The van der Waals surface area contributed by atoms with Crippen LogP contribution in [0.2, 0.25) is 0 Å². The average molecular weight is 371 g/mol. The largest absolute Gasteiger partial charge is 0.352 e. The topological polar surface area (TPSA) is 47.6 Å². The molecule has 4 fully saturated rings. The molecule has 144 valence electrons. The zero-order chi connectivity index (χ0) is 16.5. The number of rotatable bonds is 5. The van der Waals surface area contributed by atoms with Gasteiger partial charge in [0.2, 0.25) is 5.91 Å². The second kappa shape index (κ2) is 8.55. The first-order chi connectivity index (χ1) is 11.7. The smallest absolute Gasteiger partial charge is 0.234 e. The van der Waals surface area contributed by atoms with Gasteiger partial charge in [0.25, 0.3) is 0 Å². The van der Waals surface area contributed by atoms with Crippen molar-refractivity contribution in [3.63, 3.8) is 0 Å². The van der Waals surface area contributed by atoms with E-state index in [-0.39, 0.29) is 18.3 Å². The van der Waals surface area contributed by atoms with E-state index in [1.807, 2.05) is 0 Å². The fourth-order valence-electron chi connectivity index (χ4n) is 5.75. The van der Waals surface area contributed by atoms with Gasteiger partial charge in [0, 0.05) is 44.8 Å². The molecule has 2 saturated carbocycles. The molecule has 2 bridgehead atoms. The maximum atomic E-state index is 12.4. The monoisotopic (exact) mass is 370 g/mol. The van der Waals surface area contributed by atoms with E-state index in [1.165, 1.54) is 32.1 Å². The van der Waals surface area contributed by atoms with Crippen molar-refractivity contribution in [2.45, 2.75) is 51.1 Å². The lowest BCUT2D eigenvalue weighted by Crippen LogP contribution is -2.53. The summed E-state index contributed by atoms with van der Waals surface area (Å²) in [4.78, 5) is 17.4. The van der Waals surface area contributed by atoms with E-state index in [0.717, 1.165) is 63.1 Å². The van der Waals surface area contributed by atoms with E-state index in [1.54, 1.807) is 0 Å². The van der Waals surface area contributed by atoms with Gasteiger partial charge in [-0.3, -0.25) is 14.6 Å². The molecule has 0 aromatic carbocycles. The zero-order valence-corrected chi connectivity index (χ0v) is 16.4. The molecule has 25 heavy (non-hydrogen) atoms. The second-order valence-corrected chi connectivity index (χ2v) is 8.65. The normalized spacial score (nSPS) is 37.0. The molecule has 2 N–H and O–H groups in total. The Kier molecular flexibility index (Phi) is 6.64. The van der Waals surface area contributed by atoms with E-state index in [9.17, 15) is 4.79 Å². The molecule has 5 nitrogen and oxygen atoms in total. The molecule has 5 unspecified atom stereocenters. The Balaban J connectivity index is 0.00000182. The van der Waals surface area contributed by atoms with Gasteiger partial charge in [-0.05, 0) is 56.9 Å². The first kappa shape index (κ1) is 19.4. The molecular formula is C19H35ClN4O. The van der Waals surface area contributed by atoms with E-state index >= 15 is 0 Å². The SMILES string of the molecule is CC(NC(=O)CN1CCN(C2CCNC2)CC1)C1CC2CCC1C2.Cl. The van der Waals surface area contributed by atoms with Gasteiger partial charge in [-0.2, -0.15) is 0 Å². The maximum absolute atomic E-state index is 12.4. The van der Waals surface area contributed by atoms with E-state index < -0.39 is 0 Å². The predicted octanol–water partition coefficient (Wildman–Crippen LogP) is 1.33. The Morgan fingerprint density at radius 2 is 1.96 bits per heavy atom. The highest BCUT2D eigenvalue weighted by Crippen LogP contribution is 2.49. The van der Waals surface area contributed by atoms with E-state index in [4.69, 9.17) is 0 Å². The number of piperazine rings is 1. The highest BCUT2D eigenvalue weighted by atomic mass is 35.5. The van der Waals surface area contributed by atoms with Gasteiger partial charge in [-0.25, -0.2) is 0 Å². The van der Waals surface area contributed by atoms with Crippen molar-refractivity contribution in [2.24, 2.45) is 17.8 Å². The summed E-state index contributed by atoms with van der Waals surface area (Å²) in [7, 11) is 0. The molecule has 5 atom stereocenters. The molecule has 0 spiro atoms. The van der Waals surface area contributed by atoms with Crippen LogP contribution >= 0.6 is 12.4 Å². The molecule has 2 aliphatic heterocycles. The number of amides is 1. The van der Waals surface area contributed by atoms with Gasteiger partial charge in [0.05, 0.1) is 6.54 Å². The molecule has 0 radical (unpaired) electrons. The number of carbonyl (C=O) groups excluding carboxylic acids is 1. The van der Waals surface area contributed by atoms with Gasteiger partial charge >= 0.3 is 0 Å². The average Bonchev–Trinajstić information content (AvgIpc) is 3.33. The number of hydrogen-bond donors (Lipinski definition) is 2. The summed E-state index contributed by atoms with van der Waals surface area (Å²) in [5.41, 5.74) is 0.